The van der Waals surface area contributed by atoms with Crippen molar-refractivity contribution in [1.82, 2.24) is 0 Å². The number of hydrogen-bond donors (Lipinski definition) is 0. The van der Waals surface area contributed by atoms with Crippen molar-refractivity contribution in [3.63, 3.8) is 0 Å². The van der Waals surface area contributed by atoms with Gasteiger partial charge in [0.15, 0.2) is 0 Å². The van der Waals surface area contributed by atoms with Crippen molar-refractivity contribution in [3.05, 3.63) is 42.5 Å². The summed E-state index contributed by atoms with van der Waals surface area (Å²) in [7, 11) is -0.0143. The Labute approximate surface area is 133 Å². The van der Waals surface area contributed by atoms with Crippen molar-refractivity contribution in [2.45, 2.75) is 25.9 Å². The third-order valence-electron chi connectivity index (χ3n) is 5.15. The predicted molar refractivity (Wildman–Crippen MR) is 97.6 cm³/mol. The normalized spacial score (nSPS) is 17.5. The van der Waals surface area contributed by atoms with Crippen LogP contribution in [0.25, 0.3) is 11.1 Å². The van der Waals surface area contributed by atoms with Crippen molar-refractivity contribution in [3.8, 4) is 22.6 Å². The van der Waals surface area contributed by atoms with Gasteiger partial charge in [0, 0.05) is 0 Å². The molecule has 2 aromatic rings. The molecule has 0 saturated carbocycles. The molecule has 1 aliphatic rings. The molecular weight excluding hydrogens is 291 g/mol. The quantitative estimate of drug-likeness (QED) is 0.759. The molecule has 2 nitrogen and oxygen atoms in total. The van der Waals surface area contributed by atoms with E-state index in [9.17, 15) is 0 Å². The first-order valence-corrected chi connectivity index (χ1v) is 10.5. The molecule has 3 rings (SSSR count). The van der Waals surface area contributed by atoms with Crippen LogP contribution in [0.3, 0.4) is 0 Å². The van der Waals surface area contributed by atoms with Crippen LogP contribution in [0, 0.1) is 0 Å². The Hall–Kier alpha value is -1.53. The summed E-state index contributed by atoms with van der Waals surface area (Å²) >= 11 is 0. The molecule has 0 amide bonds. The zero-order chi connectivity index (χ0) is 16.0. The number of benzene rings is 2. The van der Waals surface area contributed by atoms with Crippen LogP contribution >= 0.6 is 7.26 Å². The van der Waals surface area contributed by atoms with Gasteiger partial charge < -0.3 is 0 Å². The van der Waals surface area contributed by atoms with Gasteiger partial charge in [0.25, 0.3) is 0 Å². The zero-order valence-electron chi connectivity index (χ0n) is 14.1. The second kappa shape index (κ2) is 5.28. The SMILES string of the molecule is COc1ccccc1-c1cccc2c1[PH](C)(C(C)(C)C)CO2. The molecular formula is C19H25O2P. The third-order valence-corrected chi connectivity index (χ3v) is 10.8. The summed E-state index contributed by atoms with van der Waals surface area (Å²) < 4.78 is 11.7. The molecule has 1 heterocycles. The van der Waals surface area contributed by atoms with Crippen LogP contribution in [-0.2, 0) is 0 Å². The van der Waals surface area contributed by atoms with Crippen molar-refractivity contribution < 1.29 is 9.47 Å². The number of para-hydroxylation sites is 1. The summed E-state index contributed by atoms with van der Waals surface area (Å²) in [6, 6.07) is 14.7. The minimum absolute atomic E-state index is 0.246. The second-order valence-corrected chi connectivity index (χ2v) is 12.2. The van der Waals surface area contributed by atoms with Gasteiger partial charge in [0.1, 0.15) is 0 Å². The summed E-state index contributed by atoms with van der Waals surface area (Å²) in [4.78, 5) is 0. The standard InChI is InChI=1S/C19H25O2P/c1-19(2,3)22(5)13-21-17-12-8-10-15(18(17)22)14-9-6-7-11-16(14)20-4/h6-12,22H,13H2,1-5H3. The van der Waals surface area contributed by atoms with E-state index in [0.29, 0.717) is 0 Å². The van der Waals surface area contributed by atoms with Crippen molar-refractivity contribution >= 4 is 12.6 Å². The Bertz CT molecular complexity index is 703. The molecule has 0 N–H and O–H groups in total. The van der Waals surface area contributed by atoms with Gasteiger partial charge in [-0.2, -0.15) is 0 Å². The first-order valence-electron chi connectivity index (χ1n) is 7.78. The van der Waals surface area contributed by atoms with Gasteiger partial charge in [0.2, 0.25) is 0 Å². The maximum atomic E-state index is 6.10. The predicted octanol–water partition coefficient (Wildman–Crippen LogP) is 4.52. The number of methoxy groups -OCH3 is 1. The molecule has 118 valence electrons. The van der Waals surface area contributed by atoms with Crippen LogP contribution in [0.2, 0.25) is 0 Å². The molecule has 0 aromatic heterocycles. The van der Waals surface area contributed by atoms with Crippen molar-refractivity contribution in [2.75, 3.05) is 20.1 Å². The van der Waals surface area contributed by atoms with E-state index >= 15 is 0 Å². The minimum atomic E-state index is -1.75. The Kier molecular flexibility index (Phi) is 3.69. The molecule has 22 heavy (non-hydrogen) atoms. The molecule has 0 bridgehead atoms. The molecule has 0 radical (unpaired) electrons. The summed E-state index contributed by atoms with van der Waals surface area (Å²) in [6.07, 6.45) is 0.859. The van der Waals surface area contributed by atoms with E-state index in [1.54, 1.807) is 7.11 Å². The van der Waals surface area contributed by atoms with Crippen molar-refractivity contribution in [2.24, 2.45) is 0 Å². The van der Waals surface area contributed by atoms with E-state index in [2.05, 4.69) is 57.8 Å². The molecule has 2 aromatic carbocycles. The van der Waals surface area contributed by atoms with Crippen LogP contribution in [0.15, 0.2) is 42.5 Å². The zero-order valence-corrected chi connectivity index (χ0v) is 15.1. The molecule has 0 unspecified atom stereocenters. The fraction of sp³-hybridized carbons (Fsp3) is 0.368. The average Bonchev–Trinajstić information content (AvgIpc) is 2.86. The molecule has 1 aliphatic heterocycles. The van der Waals surface area contributed by atoms with Gasteiger partial charge >= 0.3 is 133 Å². The number of rotatable bonds is 2. The first kappa shape index (κ1) is 15.4. The Balaban J connectivity index is 2.27. The van der Waals surface area contributed by atoms with Crippen LogP contribution in [0.4, 0.5) is 0 Å². The van der Waals surface area contributed by atoms with Gasteiger partial charge in [-0.05, 0) is 0 Å². The Morgan fingerprint density at radius 2 is 1.68 bits per heavy atom. The summed E-state index contributed by atoms with van der Waals surface area (Å²) in [5.74, 6) is 1.99. The van der Waals surface area contributed by atoms with Crippen LogP contribution in [-0.4, -0.2) is 25.3 Å². The number of ether oxygens (including phenoxy) is 2. The van der Waals surface area contributed by atoms with Gasteiger partial charge in [-0.1, -0.05) is 0 Å². The van der Waals surface area contributed by atoms with Crippen LogP contribution < -0.4 is 14.8 Å². The Morgan fingerprint density at radius 1 is 1.00 bits per heavy atom. The third kappa shape index (κ3) is 2.21. The summed E-state index contributed by atoms with van der Waals surface area (Å²) in [5, 5.41) is 1.68. The van der Waals surface area contributed by atoms with Gasteiger partial charge in [-0.25, -0.2) is 0 Å². The van der Waals surface area contributed by atoms with E-state index < -0.39 is 7.26 Å². The second-order valence-electron chi connectivity index (χ2n) is 7.25. The maximum absolute atomic E-state index is 6.10. The van der Waals surface area contributed by atoms with Gasteiger partial charge in [0.05, 0.1) is 0 Å². The van der Waals surface area contributed by atoms with E-state index in [1.165, 1.54) is 10.9 Å². The monoisotopic (exact) mass is 316 g/mol. The Morgan fingerprint density at radius 3 is 2.36 bits per heavy atom. The van der Waals surface area contributed by atoms with Crippen LogP contribution in [0.1, 0.15) is 20.8 Å². The van der Waals surface area contributed by atoms with E-state index in [1.807, 2.05) is 12.1 Å². The summed E-state index contributed by atoms with van der Waals surface area (Å²) in [6.45, 7) is 9.47. The van der Waals surface area contributed by atoms with Gasteiger partial charge in [-0.3, -0.25) is 0 Å². The number of hydrogen-bond acceptors (Lipinski definition) is 2. The summed E-state index contributed by atoms with van der Waals surface area (Å²) in [5.41, 5.74) is 2.44. The van der Waals surface area contributed by atoms with E-state index in [-0.39, 0.29) is 5.16 Å². The van der Waals surface area contributed by atoms with Crippen LogP contribution in [0.5, 0.6) is 11.5 Å². The first-order chi connectivity index (χ1) is 10.4. The fourth-order valence-corrected chi connectivity index (χ4v) is 6.48. The topological polar surface area (TPSA) is 18.5 Å². The molecule has 0 aliphatic carbocycles. The molecule has 3 heteroatoms. The average molecular weight is 316 g/mol. The molecule has 0 fully saturated rings. The molecule has 0 saturated heterocycles. The fourth-order valence-electron chi connectivity index (χ4n) is 3.20. The van der Waals surface area contributed by atoms with E-state index in [0.717, 1.165) is 23.4 Å². The van der Waals surface area contributed by atoms with Crippen molar-refractivity contribution in [1.29, 1.82) is 0 Å². The molecule has 0 atom stereocenters. The van der Waals surface area contributed by atoms with E-state index in [4.69, 9.17) is 9.47 Å². The number of fused-ring (bicyclic) bond motifs is 1. The van der Waals surface area contributed by atoms with Gasteiger partial charge in [-0.15, -0.1) is 0 Å². The molecule has 0 spiro atoms.